The Labute approximate surface area is 107 Å². The summed E-state index contributed by atoms with van der Waals surface area (Å²) in [6, 6.07) is 9.50. The molecule has 96 valence electrons. The fraction of sp³-hybridized carbons (Fsp3) is 0.286. The van der Waals surface area contributed by atoms with E-state index in [-0.39, 0.29) is 11.1 Å². The molecule has 0 amide bonds. The third kappa shape index (κ3) is 3.45. The summed E-state index contributed by atoms with van der Waals surface area (Å²) in [5.74, 6) is 0. The monoisotopic (exact) mass is 246 g/mol. The molecule has 18 heavy (non-hydrogen) atoms. The van der Waals surface area contributed by atoms with Crippen LogP contribution in [0.15, 0.2) is 47.8 Å². The summed E-state index contributed by atoms with van der Waals surface area (Å²) >= 11 is 0. The Kier molecular flexibility index (Phi) is 4.26. The van der Waals surface area contributed by atoms with Crippen LogP contribution in [-0.2, 0) is 0 Å². The SMILES string of the molecule is CC(C)(C)C(=C/c1ccccc1)/C(=C\N)[N+](=O)[O-]. The van der Waals surface area contributed by atoms with Gasteiger partial charge in [-0.15, -0.1) is 0 Å². The van der Waals surface area contributed by atoms with Gasteiger partial charge in [-0.25, -0.2) is 0 Å². The molecule has 0 radical (unpaired) electrons. The number of nitro groups is 1. The number of nitrogens with zero attached hydrogens (tertiary/aromatic N) is 1. The number of nitrogens with two attached hydrogens (primary N) is 1. The number of benzene rings is 1. The Morgan fingerprint density at radius 2 is 1.83 bits per heavy atom. The third-order valence-corrected chi connectivity index (χ3v) is 2.55. The van der Waals surface area contributed by atoms with E-state index in [1.54, 1.807) is 0 Å². The predicted octanol–water partition coefficient (Wildman–Crippen LogP) is 3.19. The van der Waals surface area contributed by atoms with Crippen molar-refractivity contribution in [3.8, 4) is 0 Å². The summed E-state index contributed by atoms with van der Waals surface area (Å²) in [6.07, 6.45) is 2.86. The van der Waals surface area contributed by atoms with E-state index in [0.717, 1.165) is 11.8 Å². The summed E-state index contributed by atoms with van der Waals surface area (Å²) in [4.78, 5) is 10.6. The van der Waals surface area contributed by atoms with Crippen LogP contribution < -0.4 is 5.73 Å². The number of rotatable bonds is 3. The van der Waals surface area contributed by atoms with Gasteiger partial charge in [0.25, 0.3) is 5.70 Å². The molecule has 0 heterocycles. The number of allylic oxidation sites excluding steroid dienone is 1. The molecule has 4 heteroatoms. The van der Waals surface area contributed by atoms with Crippen LogP contribution in [-0.4, -0.2) is 4.92 Å². The van der Waals surface area contributed by atoms with Gasteiger partial charge in [0, 0.05) is 5.57 Å². The smallest absolute Gasteiger partial charge is 0.288 e. The van der Waals surface area contributed by atoms with Crippen LogP contribution in [0.1, 0.15) is 26.3 Å². The van der Waals surface area contributed by atoms with E-state index >= 15 is 0 Å². The van der Waals surface area contributed by atoms with E-state index in [2.05, 4.69) is 0 Å². The number of hydrogen-bond acceptors (Lipinski definition) is 3. The molecule has 0 bridgehead atoms. The molecular formula is C14H18N2O2. The van der Waals surface area contributed by atoms with Crippen molar-refractivity contribution in [1.29, 1.82) is 0 Å². The molecule has 1 rings (SSSR count). The quantitative estimate of drug-likeness (QED) is 0.506. The largest absolute Gasteiger partial charge is 0.399 e. The van der Waals surface area contributed by atoms with E-state index < -0.39 is 4.92 Å². The Morgan fingerprint density at radius 3 is 2.22 bits per heavy atom. The van der Waals surface area contributed by atoms with Gasteiger partial charge in [0.2, 0.25) is 0 Å². The van der Waals surface area contributed by atoms with Gasteiger partial charge in [-0.1, -0.05) is 51.1 Å². The standard InChI is InChI=1S/C14H18N2O2/c1-14(2,3)12(13(10-15)16(17)18)9-11-7-5-4-6-8-11/h4-10H,15H2,1-3H3/b12-9+,13-10+. The summed E-state index contributed by atoms with van der Waals surface area (Å²) in [5, 5.41) is 11.0. The molecule has 0 aromatic heterocycles. The zero-order valence-corrected chi connectivity index (χ0v) is 10.9. The van der Waals surface area contributed by atoms with Crippen molar-refractivity contribution in [2.75, 3.05) is 0 Å². The molecule has 0 aliphatic carbocycles. The van der Waals surface area contributed by atoms with Gasteiger partial charge in [0.05, 0.1) is 11.1 Å². The highest BCUT2D eigenvalue weighted by molar-refractivity contribution is 5.58. The normalized spacial score (nSPS) is 13.5. The predicted molar refractivity (Wildman–Crippen MR) is 73.1 cm³/mol. The van der Waals surface area contributed by atoms with E-state index in [9.17, 15) is 10.1 Å². The van der Waals surface area contributed by atoms with Crippen molar-refractivity contribution in [1.82, 2.24) is 0 Å². The van der Waals surface area contributed by atoms with Gasteiger partial charge in [0.1, 0.15) is 0 Å². The summed E-state index contributed by atoms with van der Waals surface area (Å²) < 4.78 is 0. The lowest BCUT2D eigenvalue weighted by molar-refractivity contribution is -0.422. The minimum absolute atomic E-state index is 0.0497. The van der Waals surface area contributed by atoms with Crippen molar-refractivity contribution in [2.24, 2.45) is 11.1 Å². The van der Waals surface area contributed by atoms with Gasteiger partial charge in [-0.3, -0.25) is 10.1 Å². The third-order valence-electron chi connectivity index (χ3n) is 2.55. The molecule has 0 aliphatic heterocycles. The van der Waals surface area contributed by atoms with Crippen molar-refractivity contribution >= 4 is 6.08 Å². The maximum Gasteiger partial charge on any atom is 0.288 e. The molecule has 0 atom stereocenters. The van der Waals surface area contributed by atoms with Crippen molar-refractivity contribution in [3.05, 3.63) is 63.5 Å². The lowest BCUT2D eigenvalue weighted by atomic mass is 9.83. The highest BCUT2D eigenvalue weighted by atomic mass is 16.6. The van der Waals surface area contributed by atoms with Gasteiger partial charge in [-0.2, -0.15) is 0 Å². The molecule has 2 N–H and O–H groups in total. The maximum absolute atomic E-state index is 11.0. The first-order valence-corrected chi connectivity index (χ1v) is 5.70. The van der Waals surface area contributed by atoms with Crippen LogP contribution in [0.25, 0.3) is 6.08 Å². The van der Waals surface area contributed by atoms with Crippen molar-refractivity contribution in [3.63, 3.8) is 0 Å². The summed E-state index contributed by atoms with van der Waals surface area (Å²) in [7, 11) is 0. The molecule has 0 saturated carbocycles. The second-order valence-electron chi connectivity index (χ2n) is 5.03. The van der Waals surface area contributed by atoms with Crippen LogP contribution in [0.3, 0.4) is 0 Å². The lowest BCUT2D eigenvalue weighted by Gasteiger charge is -2.20. The number of hydrogen-bond donors (Lipinski definition) is 1. The summed E-state index contributed by atoms with van der Waals surface area (Å²) in [6.45, 7) is 5.78. The maximum atomic E-state index is 11.0. The average molecular weight is 246 g/mol. The highest BCUT2D eigenvalue weighted by Gasteiger charge is 2.28. The van der Waals surface area contributed by atoms with E-state index in [4.69, 9.17) is 5.73 Å². The van der Waals surface area contributed by atoms with Crippen LogP contribution in [0, 0.1) is 15.5 Å². The highest BCUT2D eigenvalue weighted by Crippen LogP contribution is 2.32. The Bertz CT molecular complexity index is 482. The molecule has 0 fully saturated rings. The van der Waals surface area contributed by atoms with Gasteiger partial charge >= 0.3 is 0 Å². The lowest BCUT2D eigenvalue weighted by Crippen LogP contribution is -2.17. The van der Waals surface area contributed by atoms with Crippen LogP contribution in [0.5, 0.6) is 0 Å². The minimum atomic E-state index is -0.444. The first-order chi connectivity index (χ1) is 8.36. The fourth-order valence-electron chi connectivity index (χ4n) is 1.64. The molecule has 4 nitrogen and oxygen atoms in total. The second-order valence-corrected chi connectivity index (χ2v) is 5.03. The van der Waals surface area contributed by atoms with E-state index in [0.29, 0.717) is 5.57 Å². The van der Waals surface area contributed by atoms with E-state index in [1.807, 2.05) is 57.2 Å². The summed E-state index contributed by atoms with van der Waals surface area (Å²) in [5.41, 5.74) is 6.51. The molecule has 0 aliphatic rings. The van der Waals surface area contributed by atoms with Crippen molar-refractivity contribution in [2.45, 2.75) is 20.8 Å². The zero-order chi connectivity index (χ0) is 13.8. The minimum Gasteiger partial charge on any atom is -0.399 e. The molecular weight excluding hydrogens is 228 g/mol. The molecule has 0 saturated heterocycles. The Hall–Kier alpha value is -2.10. The average Bonchev–Trinajstić information content (AvgIpc) is 2.28. The van der Waals surface area contributed by atoms with Crippen LogP contribution in [0.2, 0.25) is 0 Å². The van der Waals surface area contributed by atoms with E-state index in [1.165, 1.54) is 0 Å². The molecule has 1 aromatic rings. The molecule has 1 aromatic carbocycles. The van der Waals surface area contributed by atoms with Crippen LogP contribution >= 0.6 is 0 Å². The fourth-order valence-corrected chi connectivity index (χ4v) is 1.64. The topological polar surface area (TPSA) is 69.2 Å². The first-order valence-electron chi connectivity index (χ1n) is 5.70. The Morgan fingerprint density at radius 1 is 1.28 bits per heavy atom. The van der Waals surface area contributed by atoms with Gasteiger partial charge in [0.15, 0.2) is 0 Å². The van der Waals surface area contributed by atoms with Crippen molar-refractivity contribution < 1.29 is 4.92 Å². The zero-order valence-electron chi connectivity index (χ0n) is 10.9. The second kappa shape index (κ2) is 5.49. The Balaban J connectivity index is 3.32. The van der Waals surface area contributed by atoms with Gasteiger partial charge < -0.3 is 5.73 Å². The molecule has 0 unspecified atom stereocenters. The molecule has 0 spiro atoms. The van der Waals surface area contributed by atoms with Gasteiger partial charge in [-0.05, 0) is 17.1 Å². The van der Waals surface area contributed by atoms with Crippen LogP contribution in [0.4, 0.5) is 0 Å². The first kappa shape index (κ1) is 14.0.